The minimum absolute atomic E-state index is 0.110. The molecule has 4 nitrogen and oxygen atoms in total. The third-order valence-electron chi connectivity index (χ3n) is 5.42. The van der Waals surface area contributed by atoms with E-state index in [4.69, 9.17) is 16.3 Å². The van der Waals surface area contributed by atoms with Gasteiger partial charge in [-0.15, -0.1) is 0 Å². The number of rotatable bonds is 11. The molecule has 2 unspecified atom stereocenters. The first-order valence-electron chi connectivity index (χ1n) is 11.3. The summed E-state index contributed by atoms with van der Waals surface area (Å²) in [5.74, 6) is 0.119. The Bertz CT molecular complexity index is 1220. The lowest BCUT2D eigenvalue weighted by Gasteiger charge is -2.24. The van der Waals surface area contributed by atoms with Gasteiger partial charge in [-0.1, -0.05) is 42.8 Å². The molecule has 12 heteroatoms. The maximum atomic E-state index is 13.4. The Morgan fingerprint density at radius 2 is 1.45 bits per heavy atom. The van der Waals surface area contributed by atoms with Crippen molar-refractivity contribution in [3.05, 3.63) is 88.4 Å². The highest BCUT2D eigenvalue weighted by atomic mass is 35.5. The fourth-order valence-corrected chi connectivity index (χ4v) is 3.76. The molecule has 3 aromatic rings. The van der Waals surface area contributed by atoms with Gasteiger partial charge in [0.05, 0.1) is 6.04 Å². The first-order chi connectivity index (χ1) is 17.8. The molecule has 0 spiro atoms. The molecule has 0 heterocycles. The van der Waals surface area contributed by atoms with E-state index < -0.39 is 43.2 Å². The topological polar surface area (TPSA) is 50.7 Å². The van der Waals surface area contributed by atoms with Crippen molar-refractivity contribution >= 4 is 11.6 Å². The van der Waals surface area contributed by atoms with Crippen molar-refractivity contribution in [3.8, 4) is 17.2 Å². The van der Waals surface area contributed by atoms with Crippen LogP contribution in [-0.4, -0.2) is 36.5 Å². The molecule has 206 valence electrons. The summed E-state index contributed by atoms with van der Waals surface area (Å²) in [4.78, 5) is 0. The SMILES string of the molecule is CCc1cc(Oc2cccc(C(NCC(O)C(F)(F)F)c3cccc(OC(F)(F)C(F)F)c3)c2)ccc1Cl. The summed E-state index contributed by atoms with van der Waals surface area (Å²) >= 11 is 6.13. The van der Waals surface area contributed by atoms with E-state index in [-0.39, 0.29) is 5.56 Å². The van der Waals surface area contributed by atoms with Gasteiger partial charge in [-0.2, -0.15) is 30.7 Å². The molecular weight excluding hydrogens is 543 g/mol. The van der Waals surface area contributed by atoms with Crippen LogP contribution < -0.4 is 14.8 Å². The molecule has 0 bridgehead atoms. The first-order valence-corrected chi connectivity index (χ1v) is 11.7. The van der Waals surface area contributed by atoms with Gasteiger partial charge in [0.25, 0.3) is 0 Å². The van der Waals surface area contributed by atoms with Crippen LogP contribution in [0.5, 0.6) is 17.2 Å². The highest BCUT2D eigenvalue weighted by Crippen LogP contribution is 2.33. The zero-order valence-electron chi connectivity index (χ0n) is 19.8. The van der Waals surface area contributed by atoms with Crippen molar-refractivity contribution in [2.24, 2.45) is 0 Å². The second-order valence-corrected chi connectivity index (χ2v) is 8.62. The number of ether oxygens (including phenoxy) is 2. The lowest BCUT2D eigenvalue weighted by molar-refractivity contribution is -0.253. The van der Waals surface area contributed by atoms with Crippen LogP contribution >= 0.6 is 11.6 Å². The molecule has 0 aromatic heterocycles. The van der Waals surface area contributed by atoms with Crippen molar-refractivity contribution in [2.75, 3.05) is 6.54 Å². The Morgan fingerprint density at radius 1 is 0.868 bits per heavy atom. The van der Waals surface area contributed by atoms with Crippen LogP contribution in [0, 0.1) is 0 Å². The number of halogens is 8. The van der Waals surface area contributed by atoms with E-state index >= 15 is 0 Å². The summed E-state index contributed by atoms with van der Waals surface area (Å²) in [7, 11) is 0. The second kappa shape index (κ2) is 12.2. The number of nitrogens with one attached hydrogen (secondary N) is 1. The summed E-state index contributed by atoms with van der Waals surface area (Å²) in [6.45, 7) is 0.959. The van der Waals surface area contributed by atoms with E-state index in [1.54, 1.807) is 30.3 Å². The Labute approximate surface area is 218 Å². The lowest BCUT2D eigenvalue weighted by Crippen LogP contribution is -2.40. The van der Waals surface area contributed by atoms with Gasteiger partial charge in [-0.3, -0.25) is 0 Å². The summed E-state index contributed by atoms with van der Waals surface area (Å²) in [5, 5.41) is 12.6. The molecule has 0 saturated carbocycles. The molecule has 0 amide bonds. The number of aryl methyl sites for hydroxylation is 1. The molecule has 0 aliphatic carbocycles. The van der Waals surface area contributed by atoms with Gasteiger partial charge in [0.1, 0.15) is 17.2 Å². The maximum absolute atomic E-state index is 13.4. The molecule has 38 heavy (non-hydrogen) atoms. The van der Waals surface area contributed by atoms with Crippen LogP contribution in [0.4, 0.5) is 30.7 Å². The number of hydrogen-bond donors (Lipinski definition) is 2. The zero-order valence-corrected chi connectivity index (χ0v) is 20.5. The van der Waals surface area contributed by atoms with Crippen LogP contribution in [-0.2, 0) is 6.42 Å². The van der Waals surface area contributed by atoms with Crippen LogP contribution in [0.25, 0.3) is 0 Å². The number of aliphatic hydroxyl groups is 1. The molecule has 0 radical (unpaired) electrons. The van der Waals surface area contributed by atoms with Crippen LogP contribution in [0.1, 0.15) is 29.7 Å². The van der Waals surface area contributed by atoms with Gasteiger partial charge in [0, 0.05) is 11.6 Å². The minimum Gasteiger partial charge on any atom is -0.457 e. The van der Waals surface area contributed by atoms with Crippen molar-refractivity contribution in [3.63, 3.8) is 0 Å². The van der Waals surface area contributed by atoms with Crippen molar-refractivity contribution in [2.45, 2.75) is 44.2 Å². The highest BCUT2D eigenvalue weighted by Gasteiger charge is 2.44. The maximum Gasteiger partial charge on any atom is 0.461 e. The third-order valence-corrected chi connectivity index (χ3v) is 5.79. The molecule has 0 fully saturated rings. The van der Waals surface area contributed by atoms with Crippen molar-refractivity contribution in [1.29, 1.82) is 0 Å². The standard InChI is InChI=1S/C26H23ClF7NO3/c1-2-15-11-19(9-10-21(15)27)37-18-7-3-5-16(12-18)23(35-14-22(36)25(30,31)32)17-6-4-8-20(13-17)38-26(33,34)24(28)29/h3-13,22-24,35-36H,2,14H2,1H3. The van der Waals surface area contributed by atoms with E-state index in [2.05, 4.69) is 10.1 Å². The van der Waals surface area contributed by atoms with E-state index in [1.807, 2.05) is 6.92 Å². The number of alkyl halides is 7. The average Bonchev–Trinajstić information content (AvgIpc) is 2.85. The monoisotopic (exact) mass is 565 g/mol. The highest BCUT2D eigenvalue weighted by molar-refractivity contribution is 6.31. The van der Waals surface area contributed by atoms with Crippen LogP contribution in [0.15, 0.2) is 66.7 Å². The lowest BCUT2D eigenvalue weighted by atomic mass is 9.98. The molecule has 0 aliphatic heterocycles. The molecule has 0 saturated heterocycles. The van der Waals surface area contributed by atoms with Gasteiger partial charge in [-0.25, -0.2) is 0 Å². The zero-order chi connectivity index (χ0) is 28.1. The molecule has 3 aromatic carbocycles. The molecule has 0 aliphatic rings. The molecule has 2 N–H and O–H groups in total. The van der Waals surface area contributed by atoms with E-state index in [0.717, 1.165) is 17.7 Å². The quantitative estimate of drug-likeness (QED) is 0.236. The van der Waals surface area contributed by atoms with Gasteiger partial charge < -0.3 is 19.9 Å². The summed E-state index contributed by atoms with van der Waals surface area (Å²) < 4.78 is 101. The Kier molecular flexibility index (Phi) is 9.50. The number of hydrogen-bond acceptors (Lipinski definition) is 4. The fraction of sp³-hybridized carbons (Fsp3) is 0.308. The number of benzene rings is 3. The Balaban J connectivity index is 1.95. The molecular formula is C26H23ClF7NO3. The van der Waals surface area contributed by atoms with Gasteiger partial charge in [0.2, 0.25) is 0 Å². The van der Waals surface area contributed by atoms with Gasteiger partial charge in [-0.05, 0) is 65.6 Å². The van der Waals surface area contributed by atoms with E-state index in [1.165, 1.54) is 24.3 Å². The Hall–Kier alpha value is -3.02. The fourth-order valence-electron chi connectivity index (χ4n) is 3.51. The Morgan fingerprint density at radius 3 is 2.03 bits per heavy atom. The summed E-state index contributed by atoms with van der Waals surface area (Å²) in [6.07, 6.45) is -15.9. The summed E-state index contributed by atoms with van der Waals surface area (Å²) in [6, 6.07) is 14.7. The summed E-state index contributed by atoms with van der Waals surface area (Å²) in [5.41, 5.74) is 1.27. The van der Waals surface area contributed by atoms with Gasteiger partial charge >= 0.3 is 18.7 Å². The van der Waals surface area contributed by atoms with E-state index in [0.29, 0.717) is 28.5 Å². The van der Waals surface area contributed by atoms with Crippen LogP contribution in [0.2, 0.25) is 5.02 Å². The molecule has 2 atom stereocenters. The van der Waals surface area contributed by atoms with Crippen molar-refractivity contribution < 1.29 is 45.3 Å². The van der Waals surface area contributed by atoms with Crippen molar-refractivity contribution in [1.82, 2.24) is 5.32 Å². The predicted octanol–water partition coefficient (Wildman–Crippen LogP) is 7.53. The third kappa shape index (κ3) is 7.75. The van der Waals surface area contributed by atoms with Crippen LogP contribution in [0.3, 0.4) is 0 Å². The second-order valence-electron chi connectivity index (χ2n) is 8.22. The number of aliphatic hydroxyl groups excluding tert-OH is 1. The van der Waals surface area contributed by atoms with E-state index in [9.17, 15) is 35.8 Å². The first kappa shape index (κ1) is 29.5. The molecule has 3 rings (SSSR count). The average molecular weight is 566 g/mol. The smallest absolute Gasteiger partial charge is 0.457 e. The van der Waals surface area contributed by atoms with Gasteiger partial charge in [0.15, 0.2) is 6.10 Å². The minimum atomic E-state index is -4.92. The normalized spacial score (nSPS) is 13.9. The largest absolute Gasteiger partial charge is 0.461 e. The predicted molar refractivity (Wildman–Crippen MR) is 127 cm³/mol.